The summed E-state index contributed by atoms with van der Waals surface area (Å²) in [6, 6.07) is 6.40. The molecule has 132 valence electrons. The van der Waals surface area contributed by atoms with Crippen molar-refractivity contribution in [1.82, 2.24) is 4.90 Å². The van der Waals surface area contributed by atoms with E-state index in [2.05, 4.69) is 5.32 Å². The van der Waals surface area contributed by atoms with Crippen LogP contribution < -0.4 is 5.32 Å². The highest BCUT2D eigenvalue weighted by atomic mass is 35.5. The second-order valence-corrected chi connectivity index (χ2v) is 7.64. The van der Waals surface area contributed by atoms with Gasteiger partial charge in [0.1, 0.15) is 6.04 Å². The number of anilines is 1. The number of carbonyl (C=O) groups excluding carboxylic acids is 2. The van der Waals surface area contributed by atoms with Crippen molar-refractivity contribution in [2.24, 2.45) is 0 Å². The Morgan fingerprint density at radius 2 is 2.08 bits per heavy atom. The summed E-state index contributed by atoms with van der Waals surface area (Å²) >= 11 is 13.6. The Bertz CT molecular complexity index is 764. The van der Waals surface area contributed by atoms with Gasteiger partial charge in [-0.25, -0.2) is 0 Å². The minimum Gasteiger partial charge on any atom is -0.330 e. The number of halogens is 2. The van der Waals surface area contributed by atoms with Crippen molar-refractivity contribution in [3.63, 3.8) is 0 Å². The van der Waals surface area contributed by atoms with Crippen molar-refractivity contribution in [3.05, 3.63) is 50.6 Å². The minimum atomic E-state index is -0.466. The summed E-state index contributed by atoms with van der Waals surface area (Å²) in [6.07, 6.45) is 2.83. The van der Waals surface area contributed by atoms with E-state index in [0.29, 0.717) is 35.1 Å². The smallest absolute Gasteiger partial charge is 0.247 e. The van der Waals surface area contributed by atoms with E-state index in [1.807, 2.05) is 16.8 Å². The van der Waals surface area contributed by atoms with Gasteiger partial charge in [0, 0.05) is 11.6 Å². The van der Waals surface area contributed by atoms with Crippen LogP contribution in [0.3, 0.4) is 0 Å². The lowest BCUT2D eigenvalue weighted by atomic mass is 10.00. The van der Waals surface area contributed by atoms with Gasteiger partial charge in [0.15, 0.2) is 0 Å². The third-order valence-electron chi connectivity index (χ3n) is 4.25. The third-order valence-corrected chi connectivity index (χ3v) is 5.53. The molecule has 1 aromatic heterocycles. The van der Waals surface area contributed by atoms with Crippen molar-refractivity contribution in [1.29, 1.82) is 0 Å². The molecule has 1 atom stereocenters. The van der Waals surface area contributed by atoms with Gasteiger partial charge >= 0.3 is 0 Å². The van der Waals surface area contributed by atoms with Gasteiger partial charge in [0.25, 0.3) is 0 Å². The predicted molar refractivity (Wildman–Crippen MR) is 102 cm³/mol. The molecule has 4 nitrogen and oxygen atoms in total. The molecular formula is C18H18Cl2N2O2S. The maximum atomic E-state index is 12.7. The molecule has 2 amide bonds. The zero-order valence-corrected chi connectivity index (χ0v) is 15.8. The fourth-order valence-electron chi connectivity index (χ4n) is 2.98. The number of piperidine rings is 1. The Labute approximate surface area is 160 Å². The maximum absolute atomic E-state index is 12.7. The van der Waals surface area contributed by atoms with Crippen molar-refractivity contribution < 1.29 is 9.59 Å². The van der Waals surface area contributed by atoms with Gasteiger partial charge in [-0.2, -0.15) is 11.3 Å². The predicted octanol–water partition coefficient (Wildman–Crippen LogP) is 4.62. The first-order valence-corrected chi connectivity index (χ1v) is 9.81. The highest BCUT2D eigenvalue weighted by Crippen LogP contribution is 2.27. The second-order valence-electron chi connectivity index (χ2n) is 6.02. The van der Waals surface area contributed by atoms with Gasteiger partial charge in [-0.15, -0.1) is 0 Å². The van der Waals surface area contributed by atoms with E-state index < -0.39 is 6.04 Å². The van der Waals surface area contributed by atoms with Crippen LogP contribution in [0.4, 0.5) is 5.69 Å². The number of benzene rings is 1. The molecule has 25 heavy (non-hydrogen) atoms. The Morgan fingerprint density at radius 1 is 1.24 bits per heavy atom. The standard InChI is InChI=1S/C18H18Cl2N2O2S/c19-13-4-5-15(14(20)10-13)21-18(24)16-3-1-2-7-22(16)17(23)9-12-6-8-25-11-12/h4-6,8,10-11,16H,1-3,7,9H2,(H,21,24). The van der Waals surface area contributed by atoms with Gasteiger partial charge in [-0.05, 0) is 59.9 Å². The number of nitrogens with zero attached hydrogens (tertiary/aromatic N) is 1. The molecule has 7 heteroatoms. The number of hydrogen-bond donors (Lipinski definition) is 1. The van der Waals surface area contributed by atoms with E-state index in [1.165, 1.54) is 0 Å². The molecule has 0 spiro atoms. The summed E-state index contributed by atoms with van der Waals surface area (Å²) in [6.45, 7) is 0.607. The number of amides is 2. The zero-order chi connectivity index (χ0) is 17.8. The fourth-order valence-corrected chi connectivity index (χ4v) is 4.10. The van der Waals surface area contributed by atoms with Gasteiger partial charge in [-0.3, -0.25) is 9.59 Å². The Morgan fingerprint density at radius 3 is 2.80 bits per heavy atom. The molecule has 1 fully saturated rings. The molecule has 0 aliphatic carbocycles. The molecule has 0 bridgehead atoms. The van der Waals surface area contributed by atoms with Crippen LogP contribution in [0.5, 0.6) is 0 Å². The molecule has 1 aromatic carbocycles. The first kappa shape index (κ1) is 18.2. The van der Waals surface area contributed by atoms with E-state index in [1.54, 1.807) is 34.4 Å². The average Bonchev–Trinajstić information content (AvgIpc) is 3.10. The molecule has 1 aliphatic heterocycles. The topological polar surface area (TPSA) is 49.4 Å². The molecule has 1 unspecified atom stereocenters. The lowest BCUT2D eigenvalue weighted by Crippen LogP contribution is -2.50. The van der Waals surface area contributed by atoms with Crippen molar-refractivity contribution in [2.45, 2.75) is 31.7 Å². The number of likely N-dealkylation sites (tertiary alicyclic amines) is 1. The first-order chi connectivity index (χ1) is 12.0. The summed E-state index contributed by atoms with van der Waals surface area (Å²) < 4.78 is 0. The quantitative estimate of drug-likeness (QED) is 0.819. The second kappa shape index (κ2) is 8.21. The van der Waals surface area contributed by atoms with Crippen LogP contribution in [-0.2, 0) is 16.0 Å². The van der Waals surface area contributed by atoms with E-state index in [0.717, 1.165) is 18.4 Å². The highest BCUT2D eigenvalue weighted by Gasteiger charge is 2.32. The summed E-state index contributed by atoms with van der Waals surface area (Å²) in [7, 11) is 0. The van der Waals surface area contributed by atoms with Gasteiger partial charge in [0.2, 0.25) is 11.8 Å². The minimum absolute atomic E-state index is 0.0135. The summed E-state index contributed by atoms with van der Waals surface area (Å²) in [4.78, 5) is 27.1. The number of nitrogens with one attached hydrogen (secondary N) is 1. The van der Waals surface area contributed by atoms with Crippen molar-refractivity contribution in [2.75, 3.05) is 11.9 Å². The van der Waals surface area contributed by atoms with Crippen LogP contribution in [0.15, 0.2) is 35.0 Å². The zero-order valence-electron chi connectivity index (χ0n) is 13.5. The Kier molecular flexibility index (Phi) is 5.99. The summed E-state index contributed by atoms with van der Waals surface area (Å²) in [5, 5.41) is 7.63. The molecular weight excluding hydrogens is 379 g/mol. The van der Waals surface area contributed by atoms with Crippen LogP contribution in [0, 0.1) is 0 Å². The first-order valence-electron chi connectivity index (χ1n) is 8.11. The Hall–Kier alpha value is -1.56. The van der Waals surface area contributed by atoms with Gasteiger partial charge in [0.05, 0.1) is 17.1 Å². The Balaban J connectivity index is 1.71. The lowest BCUT2D eigenvalue weighted by molar-refractivity contribution is -0.139. The molecule has 1 N–H and O–H groups in total. The van der Waals surface area contributed by atoms with Crippen LogP contribution in [0.25, 0.3) is 0 Å². The fraction of sp³-hybridized carbons (Fsp3) is 0.333. The molecule has 3 rings (SSSR count). The summed E-state index contributed by atoms with van der Waals surface area (Å²) in [5.41, 5.74) is 1.49. The molecule has 1 saturated heterocycles. The highest BCUT2D eigenvalue weighted by molar-refractivity contribution is 7.08. The molecule has 0 radical (unpaired) electrons. The van der Waals surface area contributed by atoms with Crippen LogP contribution in [-0.4, -0.2) is 29.3 Å². The lowest BCUT2D eigenvalue weighted by Gasteiger charge is -2.34. The number of thiophene rings is 1. The third kappa shape index (κ3) is 4.54. The van der Waals surface area contributed by atoms with Crippen LogP contribution >= 0.6 is 34.5 Å². The maximum Gasteiger partial charge on any atom is 0.247 e. The molecule has 1 aliphatic rings. The number of hydrogen-bond acceptors (Lipinski definition) is 3. The number of rotatable bonds is 4. The van der Waals surface area contributed by atoms with E-state index in [9.17, 15) is 9.59 Å². The van der Waals surface area contributed by atoms with Crippen LogP contribution in [0.1, 0.15) is 24.8 Å². The van der Waals surface area contributed by atoms with Gasteiger partial charge in [-0.1, -0.05) is 23.2 Å². The van der Waals surface area contributed by atoms with E-state index in [4.69, 9.17) is 23.2 Å². The van der Waals surface area contributed by atoms with Crippen molar-refractivity contribution in [3.8, 4) is 0 Å². The van der Waals surface area contributed by atoms with E-state index in [-0.39, 0.29) is 11.8 Å². The molecule has 2 heterocycles. The normalized spacial score (nSPS) is 17.4. The monoisotopic (exact) mass is 396 g/mol. The SMILES string of the molecule is O=C(Nc1ccc(Cl)cc1Cl)C1CCCCN1C(=O)Cc1ccsc1. The summed E-state index contributed by atoms with van der Waals surface area (Å²) in [5.74, 6) is -0.219. The van der Waals surface area contributed by atoms with E-state index >= 15 is 0 Å². The molecule has 2 aromatic rings. The van der Waals surface area contributed by atoms with Crippen molar-refractivity contribution >= 4 is 52.0 Å². The largest absolute Gasteiger partial charge is 0.330 e. The molecule has 0 saturated carbocycles. The average molecular weight is 397 g/mol. The van der Waals surface area contributed by atoms with Crippen LogP contribution in [0.2, 0.25) is 10.0 Å². The van der Waals surface area contributed by atoms with Gasteiger partial charge < -0.3 is 10.2 Å². The number of carbonyl (C=O) groups is 2.